The fourth-order valence-electron chi connectivity index (χ4n) is 11.9. The van der Waals surface area contributed by atoms with Crippen LogP contribution in [0.5, 0.6) is 5.75 Å². The number of carbonyl (C=O) groups excluding carboxylic acids is 4. The minimum absolute atomic E-state index is 0.0599. The number of nitrogens with zero attached hydrogens (tertiary/aromatic N) is 6. The molecule has 19 heteroatoms. The number of aromatic nitrogens is 6. The van der Waals surface area contributed by atoms with Gasteiger partial charge >= 0.3 is 12.2 Å². The maximum Gasteiger partial charge on any atom is 0.407 e. The Hall–Kier alpha value is -6.73. The van der Waals surface area contributed by atoms with Gasteiger partial charge in [-0.1, -0.05) is 19.9 Å². The van der Waals surface area contributed by atoms with Gasteiger partial charge in [-0.15, -0.1) is 11.3 Å². The maximum atomic E-state index is 14.7. The van der Waals surface area contributed by atoms with Crippen LogP contribution in [0.15, 0.2) is 55.0 Å². The Morgan fingerprint density at radius 1 is 0.838 bits per heavy atom. The molecule has 3 unspecified atom stereocenters. The highest BCUT2D eigenvalue weighted by molar-refractivity contribution is 7.11. The Kier molecular flexibility index (Phi) is 13.1. The number of methoxy groups -OCH3 is 2. The Labute approximate surface area is 434 Å². The number of nitrogens with one attached hydrogen (secondary N) is 4. The number of benzene rings is 2. The SMILES string of the molecule is COC(=O)NC(C(=O)N1[C@H](C)CC[C@H]1c1ncc(-c2ccc3c(c2)cc2n3C(c3cnc(C4CC4)s3)Oc3cc(-c4cnc([C@@H]5CCCN5C(=O)[C@@H](NC(=O)OC)C(C)C)[nH]4)cc(C)c3-2)[nH]1)C1CCOC(C)(C)C1. The summed E-state index contributed by atoms with van der Waals surface area (Å²) in [5, 5.41) is 7.80. The third-order valence-electron chi connectivity index (χ3n) is 15.8. The number of ether oxygens (including phenoxy) is 4. The summed E-state index contributed by atoms with van der Waals surface area (Å²) in [6.07, 6.45) is 10.6. The number of H-pyrrole nitrogens is 2. The van der Waals surface area contributed by atoms with Crippen LogP contribution in [0.25, 0.3) is 44.7 Å². The van der Waals surface area contributed by atoms with E-state index in [9.17, 15) is 19.2 Å². The molecular formula is C55H66N10O8S. The van der Waals surface area contributed by atoms with Crippen LogP contribution < -0.4 is 15.4 Å². The molecule has 0 spiro atoms. The van der Waals surface area contributed by atoms with E-state index in [0.29, 0.717) is 43.6 Å². The largest absolute Gasteiger partial charge is 0.464 e. The van der Waals surface area contributed by atoms with E-state index in [1.54, 1.807) is 11.3 Å². The van der Waals surface area contributed by atoms with Crippen molar-refractivity contribution in [1.29, 1.82) is 0 Å². The van der Waals surface area contributed by atoms with E-state index in [0.717, 1.165) is 104 Å². The molecule has 390 valence electrons. The number of amides is 4. The number of alkyl carbamates (subject to hydrolysis) is 2. The predicted molar refractivity (Wildman–Crippen MR) is 278 cm³/mol. The van der Waals surface area contributed by atoms with Gasteiger partial charge in [-0.05, 0) is 127 Å². The lowest BCUT2D eigenvalue weighted by atomic mass is 9.82. The molecule has 4 aliphatic heterocycles. The summed E-state index contributed by atoms with van der Waals surface area (Å²) in [5.41, 5.74) is 7.15. The third kappa shape index (κ3) is 9.19. The van der Waals surface area contributed by atoms with Gasteiger partial charge in [-0.3, -0.25) is 14.2 Å². The fraction of sp³-hybridized carbons (Fsp3) is 0.509. The van der Waals surface area contributed by atoms with Crippen molar-refractivity contribution in [3.63, 3.8) is 0 Å². The van der Waals surface area contributed by atoms with Gasteiger partial charge < -0.3 is 49.3 Å². The first kappa shape index (κ1) is 49.5. The van der Waals surface area contributed by atoms with Crippen molar-refractivity contribution in [3.8, 4) is 39.5 Å². The zero-order valence-corrected chi connectivity index (χ0v) is 44.1. The third-order valence-corrected chi connectivity index (χ3v) is 17.0. The standard InChI is InChI=1S/C55H66N10O8S/c1-28(2)45(61-53(68)70-7)50(66)63-18-9-10-39(63)47-56-26-37(60-47)34-20-29(3)44-41-22-35-21-32(14-16-38(35)65(41)52(73-42(44)23-34)43-27-58-49(74-43)31-12-13-31)36-25-57-48(59-36)40-15-11-30(4)64(40)51(67)46(62-54(69)71-8)33-17-19-72-55(5,6)24-33/h14,16,20-23,25-28,30-31,33,39-40,45-46,52H,9-13,15,17-19,24H2,1-8H3,(H,56,60)(H,57,59)(H,61,68)(H,62,69)/t30-,33?,39+,40+,45+,46?,52?/m1/s1. The minimum Gasteiger partial charge on any atom is -0.464 e. The Bertz CT molecular complexity index is 3130. The van der Waals surface area contributed by atoms with Gasteiger partial charge in [0.2, 0.25) is 18.0 Å². The molecular weight excluding hydrogens is 961 g/mol. The topological polar surface area (TPSA) is 211 Å². The van der Waals surface area contributed by atoms with Gasteiger partial charge in [-0.25, -0.2) is 24.5 Å². The number of likely N-dealkylation sites (tertiary alicyclic amines) is 2. The van der Waals surface area contributed by atoms with E-state index >= 15 is 0 Å². The summed E-state index contributed by atoms with van der Waals surface area (Å²) in [6.45, 7) is 13.1. The highest BCUT2D eigenvalue weighted by atomic mass is 32.1. The molecule has 3 saturated heterocycles. The van der Waals surface area contributed by atoms with Gasteiger partial charge in [0.1, 0.15) is 29.5 Å². The summed E-state index contributed by atoms with van der Waals surface area (Å²) in [5.74, 6) is 2.09. The summed E-state index contributed by atoms with van der Waals surface area (Å²) >= 11 is 1.71. The van der Waals surface area contributed by atoms with E-state index in [1.807, 2.05) is 56.1 Å². The number of aromatic amines is 2. The highest BCUT2D eigenvalue weighted by Gasteiger charge is 2.45. The summed E-state index contributed by atoms with van der Waals surface area (Å²) in [7, 11) is 2.61. The number of fused-ring (bicyclic) bond motifs is 5. The van der Waals surface area contributed by atoms with Gasteiger partial charge in [0, 0.05) is 53.4 Å². The van der Waals surface area contributed by atoms with Crippen LogP contribution in [0.1, 0.15) is 137 Å². The zero-order valence-electron chi connectivity index (χ0n) is 43.3. The molecule has 7 atom stereocenters. The van der Waals surface area contributed by atoms with Crippen LogP contribution in [0, 0.1) is 18.8 Å². The molecule has 6 aromatic rings. The molecule has 4 aromatic heterocycles. The van der Waals surface area contributed by atoms with E-state index in [-0.39, 0.29) is 41.8 Å². The Balaban J connectivity index is 0.899. The number of carbonyl (C=O) groups is 4. The molecule has 18 nitrogen and oxygen atoms in total. The second-order valence-electron chi connectivity index (χ2n) is 21.8. The molecule has 8 heterocycles. The van der Waals surface area contributed by atoms with Gasteiger partial charge in [0.15, 0.2) is 0 Å². The van der Waals surface area contributed by atoms with Crippen molar-refractivity contribution >= 4 is 46.2 Å². The first-order valence-corrected chi connectivity index (χ1v) is 26.9. The van der Waals surface area contributed by atoms with Crippen molar-refractivity contribution in [2.24, 2.45) is 11.8 Å². The van der Waals surface area contributed by atoms with Crippen molar-refractivity contribution in [2.75, 3.05) is 27.4 Å². The van der Waals surface area contributed by atoms with Crippen molar-refractivity contribution in [2.45, 2.75) is 141 Å². The van der Waals surface area contributed by atoms with Gasteiger partial charge in [0.25, 0.3) is 0 Å². The van der Waals surface area contributed by atoms with Crippen LogP contribution in [-0.4, -0.2) is 114 Å². The number of aryl methyl sites for hydroxylation is 1. The quantitative estimate of drug-likeness (QED) is 0.0906. The minimum atomic E-state index is -0.766. The smallest absolute Gasteiger partial charge is 0.407 e. The van der Waals surface area contributed by atoms with Crippen molar-refractivity contribution < 1.29 is 38.1 Å². The molecule has 11 rings (SSSR count). The maximum absolute atomic E-state index is 14.7. The molecule has 74 heavy (non-hydrogen) atoms. The lowest BCUT2D eigenvalue weighted by Crippen LogP contribution is -2.56. The summed E-state index contributed by atoms with van der Waals surface area (Å²) in [6, 6.07) is 10.8. The summed E-state index contributed by atoms with van der Waals surface area (Å²) < 4.78 is 25.3. The molecule has 5 aliphatic rings. The zero-order chi connectivity index (χ0) is 51.7. The second-order valence-corrected chi connectivity index (χ2v) is 22.9. The molecule has 4 amide bonds. The number of imidazole rings is 2. The molecule has 2 aromatic carbocycles. The van der Waals surface area contributed by atoms with Gasteiger partial charge in [-0.2, -0.15) is 0 Å². The molecule has 1 aliphatic carbocycles. The number of thiazole rings is 1. The fourth-order valence-corrected chi connectivity index (χ4v) is 13.0. The molecule has 1 saturated carbocycles. The number of hydrogen-bond acceptors (Lipinski definition) is 12. The molecule has 4 N–H and O–H groups in total. The average molecular weight is 1030 g/mol. The predicted octanol–water partition coefficient (Wildman–Crippen LogP) is 9.70. The second kappa shape index (κ2) is 19.5. The van der Waals surface area contributed by atoms with E-state index in [2.05, 4.69) is 75.4 Å². The molecule has 0 bridgehead atoms. The number of hydrogen-bond donors (Lipinski definition) is 4. The summed E-state index contributed by atoms with van der Waals surface area (Å²) in [4.78, 5) is 80.0. The van der Waals surface area contributed by atoms with Crippen LogP contribution in [-0.2, 0) is 23.8 Å². The van der Waals surface area contributed by atoms with Crippen LogP contribution in [0.3, 0.4) is 0 Å². The van der Waals surface area contributed by atoms with Crippen molar-refractivity contribution in [3.05, 3.63) is 82.1 Å². The van der Waals surface area contributed by atoms with E-state index < -0.39 is 36.1 Å². The Morgan fingerprint density at radius 3 is 2.28 bits per heavy atom. The first-order valence-electron chi connectivity index (χ1n) is 26.1. The lowest BCUT2D eigenvalue weighted by molar-refractivity contribution is -0.141. The van der Waals surface area contributed by atoms with Crippen LogP contribution >= 0.6 is 11.3 Å². The Morgan fingerprint density at radius 2 is 1.57 bits per heavy atom. The monoisotopic (exact) mass is 1030 g/mol. The highest BCUT2D eigenvalue weighted by Crippen LogP contribution is 2.50. The average Bonchev–Trinajstić information content (AvgIpc) is 4.08. The van der Waals surface area contributed by atoms with E-state index in [1.165, 1.54) is 14.2 Å². The lowest BCUT2D eigenvalue weighted by Gasteiger charge is -2.40. The number of rotatable bonds is 12. The molecule has 0 radical (unpaired) electrons. The van der Waals surface area contributed by atoms with Gasteiger partial charge in [0.05, 0.1) is 76.8 Å². The van der Waals surface area contributed by atoms with Crippen LogP contribution in [0.2, 0.25) is 0 Å². The normalized spacial score (nSPS) is 23.0. The van der Waals surface area contributed by atoms with Crippen LogP contribution in [0.4, 0.5) is 9.59 Å². The van der Waals surface area contributed by atoms with Crippen molar-refractivity contribution in [1.82, 2.24) is 49.9 Å². The van der Waals surface area contributed by atoms with E-state index in [4.69, 9.17) is 33.9 Å². The first-order chi connectivity index (χ1) is 35.6. The molecule has 4 fully saturated rings.